The van der Waals surface area contributed by atoms with Gasteiger partial charge in [0.25, 0.3) is 5.91 Å². The number of hydrogen-bond acceptors (Lipinski definition) is 10. The molecule has 1 atom stereocenters. The van der Waals surface area contributed by atoms with Crippen LogP contribution in [-0.2, 0) is 35.9 Å². The van der Waals surface area contributed by atoms with E-state index >= 15 is 8.78 Å². The summed E-state index contributed by atoms with van der Waals surface area (Å²) in [6.45, 7) is 4.07. The van der Waals surface area contributed by atoms with Crippen molar-refractivity contribution in [2.45, 2.75) is 38.9 Å². The molecule has 0 radical (unpaired) electrons. The highest BCUT2D eigenvalue weighted by Crippen LogP contribution is 2.58. The summed E-state index contributed by atoms with van der Waals surface area (Å²) in [6, 6.07) is 24.1. The van der Waals surface area contributed by atoms with E-state index < -0.39 is 52.5 Å². The molecule has 0 saturated heterocycles. The molecule has 5 aromatic rings. The standard InChI is InChI=1S/C46H36F2N2O10/c1-24-16-27-8-5-7-11-31(27)38(18-28-9-4-6-10-30(24)28)56-23-43(53)49-14-15-50-44(54)29-12-13-32-33(17-29)46(60-45(32)55)34-19-36(47)41(57-25(2)51)21-39(34)59-40-22-42(58-26(3)52)37(48)20-35(40)46/h4-13,16-17,19-22,38H,14-15,18,23H2,1-3H3,(H,49,53)(H,50,54). The Morgan fingerprint density at radius 2 is 1.40 bits per heavy atom. The maximum Gasteiger partial charge on any atom is 0.340 e. The Balaban J connectivity index is 0.998. The molecular formula is C46H36F2N2O10. The van der Waals surface area contributed by atoms with Crippen molar-refractivity contribution in [1.82, 2.24) is 10.6 Å². The van der Waals surface area contributed by atoms with Crippen LogP contribution in [0.4, 0.5) is 8.78 Å². The van der Waals surface area contributed by atoms with Gasteiger partial charge < -0.3 is 34.3 Å². The lowest BCUT2D eigenvalue weighted by Gasteiger charge is -2.37. The molecule has 0 fully saturated rings. The minimum atomic E-state index is -2.07. The Morgan fingerprint density at radius 3 is 2.08 bits per heavy atom. The van der Waals surface area contributed by atoms with E-state index in [4.69, 9.17) is 23.7 Å². The second kappa shape index (κ2) is 15.9. The van der Waals surface area contributed by atoms with Crippen molar-refractivity contribution in [1.29, 1.82) is 0 Å². The van der Waals surface area contributed by atoms with Gasteiger partial charge in [-0.3, -0.25) is 19.2 Å². The molecule has 2 N–H and O–H groups in total. The highest BCUT2D eigenvalue weighted by atomic mass is 19.1. The Morgan fingerprint density at radius 1 is 0.767 bits per heavy atom. The minimum absolute atomic E-state index is 0.00638. The molecule has 2 aliphatic heterocycles. The van der Waals surface area contributed by atoms with Gasteiger partial charge in [-0.1, -0.05) is 54.6 Å². The summed E-state index contributed by atoms with van der Waals surface area (Å²) in [5.74, 6) is -6.80. The van der Waals surface area contributed by atoms with Crippen LogP contribution < -0.4 is 24.8 Å². The summed E-state index contributed by atoms with van der Waals surface area (Å²) < 4.78 is 59.3. The van der Waals surface area contributed by atoms with Gasteiger partial charge in [0.1, 0.15) is 18.1 Å². The molecule has 2 heterocycles. The number of halogens is 2. The van der Waals surface area contributed by atoms with Gasteiger partial charge in [-0.15, -0.1) is 0 Å². The van der Waals surface area contributed by atoms with Crippen molar-refractivity contribution >= 4 is 41.4 Å². The lowest BCUT2D eigenvalue weighted by Crippen LogP contribution is -2.37. The summed E-state index contributed by atoms with van der Waals surface area (Å²) in [5, 5.41) is 5.50. The van der Waals surface area contributed by atoms with Gasteiger partial charge in [-0.2, -0.15) is 0 Å². The van der Waals surface area contributed by atoms with Crippen LogP contribution in [0, 0.1) is 11.6 Å². The minimum Gasteiger partial charge on any atom is -0.456 e. The molecule has 2 amide bonds. The van der Waals surface area contributed by atoms with Gasteiger partial charge >= 0.3 is 17.9 Å². The maximum atomic E-state index is 15.5. The van der Waals surface area contributed by atoms with Crippen LogP contribution in [0.5, 0.6) is 23.0 Å². The first kappa shape index (κ1) is 39.6. The summed E-state index contributed by atoms with van der Waals surface area (Å²) in [5.41, 5.74) is 3.17. The zero-order valence-electron chi connectivity index (χ0n) is 32.5. The molecule has 60 heavy (non-hydrogen) atoms. The van der Waals surface area contributed by atoms with Crippen molar-refractivity contribution in [3.05, 3.63) is 153 Å². The van der Waals surface area contributed by atoms with Crippen molar-refractivity contribution in [2.24, 2.45) is 0 Å². The average molecular weight is 815 g/mol. The van der Waals surface area contributed by atoms with Crippen LogP contribution in [0.1, 0.15) is 86.5 Å². The fourth-order valence-corrected chi connectivity index (χ4v) is 7.82. The molecule has 1 aliphatic carbocycles. The van der Waals surface area contributed by atoms with Gasteiger partial charge in [-0.25, -0.2) is 13.6 Å². The third-order valence-electron chi connectivity index (χ3n) is 10.4. The second-order valence-electron chi connectivity index (χ2n) is 14.4. The molecule has 14 heteroatoms. The molecule has 0 bridgehead atoms. The molecule has 1 unspecified atom stereocenters. The highest BCUT2D eigenvalue weighted by molar-refractivity contribution is 6.00. The van der Waals surface area contributed by atoms with Crippen LogP contribution in [0.2, 0.25) is 0 Å². The maximum absolute atomic E-state index is 15.5. The van der Waals surface area contributed by atoms with Crippen molar-refractivity contribution in [3.63, 3.8) is 0 Å². The van der Waals surface area contributed by atoms with E-state index in [1.807, 2.05) is 36.4 Å². The Bertz CT molecular complexity index is 2600. The number of nitrogens with one attached hydrogen (secondary N) is 2. The predicted molar refractivity (Wildman–Crippen MR) is 211 cm³/mol. The second-order valence-corrected chi connectivity index (χ2v) is 14.4. The van der Waals surface area contributed by atoms with E-state index in [9.17, 15) is 24.0 Å². The molecule has 304 valence electrons. The average Bonchev–Trinajstić information content (AvgIpc) is 3.50. The lowest BCUT2D eigenvalue weighted by atomic mass is 9.77. The predicted octanol–water partition coefficient (Wildman–Crippen LogP) is 7.10. The van der Waals surface area contributed by atoms with E-state index in [0.29, 0.717) is 6.42 Å². The molecule has 0 saturated carbocycles. The van der Waals surface area contributed by atoms with Gasteiger partial charge in [0.2, 0.25) is 5.91 Å². The first-order valence-corrected chi connectivity index (χ1v) is 18.9. The van der Waals surface area contributed by atoms with Crippen LogP contribution in [0.25, 0.3) is 11.6 Å². The van der Waals surface area contributed by atoms with E-state index in [2.05, 4.69) is 35.8 Å². The first-order valence-electron chi connectivity index (χ1n) is 18.9. The van der Waals surface area contributed by atoms with Crippen molar-refractivity contribution in [2.75, 3.05) is 19.7 Å². The van der Waals surface area contributed by atoms with Crippen LogP contribution in [0.15, 0.2) is 91.0 Å². The van der Waals surface area contributed by atoms with Crippen LogP contribution in [0.3, 0.4) is 0 Å². The Kier molecular flexibility index (Phi) is 10.5. The van der Waals surface area contributed by atoms with Crippen molar-refractivity contribution in [3.8, 4) is 23.0 Å². The highest BCUT2D eigenvalue weighted by Gasteiger charge is 2.55. The first-order chi connectivity index (χ1) is 28.8. The number of rotatable bonds is 9. The molecule has 1 spiro atoms. The monoisotopic (exact) mass is 814 g/mol. The van der Waals surface area contributed by atoms with E-state index in [-0.39, 0.29) is 71.0 Å². The number of hydrogen-bond donors (Lipinski definition) is 2. The Hall–Kier alpha value is -7.19. The molecule has 0 aromatic heterocycles. The number of allylic oxidation sites excluding steroid dienone is 1. The topological polar surface area (TPSA) is 156 Å². The number of carbonyl (C=O) groups excluding carboxylic acids is 5. The quantitative estimate of drug-likeness (QED) is 0.0894. The summed E-state index contributed by atoms with van der Waals surface area (Å²) >= 11 is 0. The third kappa shape index (κ3) is 7.37. The van der Waals surface area contributed by atoms with Crippen LogP contribution >= 0.6 is 0 Å². The SMILES string of the molecule is CC(=O)Oc1cc2c(cc1F)C1(OC(=O)c3ccc(C(=O)NCCNC(=O)COC4Cc5ccccc5C(C)=Cc5ccccc54)cc31)c1cc(F)c(OC(C)=O)cc1O2. The van der Waals surface area contributed by atoms with Gasteiger partial charge in [0, 0.05) is 56.6 Å². The normalized spacial score (nSPS) is 15.2. The molecule has 5 aromatic carbocycles. The molecular weight excluding hydrogens is 779 g/mol. The fourth-order valence-electron chi connectivity index (χ4n) is 7.82. The third-order valence-corrected chi connectivity index (χ3v) is 10.4. The van der Waals surface area contributed by atoms with E-state index in [1.165, 1.54) is 18.2 Å². The summed E-state index contributed by atoms with van der Waals surface area (Å²) in [4.78, 5) is 63.5. The zero-order chi connectivity index (χ0) is 42.3. The number of amides is 2. The lowest BCUT2D eigenvalue weighted by molar-refractivity contribution is -0.133. The van der Waals surface area contributed by atoms with Crippen LogP contribution in [-0.4, -0.2) is 49.4 Å². The number of ether oxygens (including phenoxy) is 5. The van der Waals surface area contributed by atoms with E-state index in [1.54, 1.807) is 0 Å². The summed E-state index contributed by atoms with van der Waals surface area (Å²) in [7, 11) is 0. The van der Waals surface area contributed by atoms with Crippen molar-refractivity contribution < 1.29 is 56.4 Å². The largest absolute Gasteiger partial charge is 0.456 e. The molecule has 8 rings (SSSR count). The summed E-state index contributed by atoms with van der Waals surface area (Å²) in [6.07, 6.45) is 2.30. The number of carbonyl (C=O) groups is 5. The molecule has 3 aliphatic rings. The number of fused-ring (bicyclic) bond motifs is 8. The van der Waals surface area contributed by atoms with E-state index in [0.717, 1.165) is 65.9 Å². The Labute approximate surface area is 342 Å². The molecule has 12 nitrogen and oxygen atoms in total. The fraction of sp³-hybridized carbons (Fsp3) is 0.196. The van der Waals surface area contributed by atoms with Gasteiger partial charge in [0.05, 0.1) is 22.8 Å². The number of benzene rings is 5. The smallest absolute Gasteiger partial charge is 0.340 e. The van der Waals surface area contributed by atoms with Gasteiger partial charge in [-0.05, 0) is 65.1 Å². The van der Waals surface area contributed by atoms with Gasteiger partial charge in [0.15, 0.2) is 28.7 Å². The zero-order valence-corrected chi connectivity index (χ0v) is 32.5. The number of esters is 3.